The molecule has 1 aliphatic heterocycles. The van der Waals surface area contributed by atoms with Gasteiger partial charge >= 0.3 is 5.97 Å². The Morgan fingerprint density at radius 1 is 1.61 bits per heavy atom. The van der Waals surface area contributed by atoms with Gasteiger partial charge in [0.2, 0.25) is 0 Å². The number of hydrogen-bond donors (Lipinski definition) is 1. The van der Waals surface area contributed by atoms with E-state index in [1.165, 1.54) is 0 Å². The van der Waals surface area contributed by atoms with Gasteiger partial charge in [0.25, 0.3) is 0 Å². The smallest absolute Gasteiger partial charge is 0.313 e. The minimum Gasteiger partial charge on any atom is -0.466 e. The Balaban J connectivity index is 2.16. The van der Waals surface area contributed by atoms with Gasteiger partial charge in [-0.3, -0.25) is 9.78 Å². The Kier molecular flexibility index (Phi) is 4.31. The number of rotatable bonds is 4. The normalized spacial score (nSPS) is 23.6. The summed E-state index contributed by atoms with van der Waals surface area (Å²) in [7, 11) is 0. The Labute approximate surface area is 108 Å². The van der Waals surface area contributed by atoms with Gasteiger partial charge in [0.1, 0.15) is 0 Å². The predicted octanol–water partition coefficient (Wildman–Crippen LogP) is 1.56. The molecule has 1 N–H and O–H groups in total. The predicted molar refractivity (Wildman–Crippen MR) is 69.1 cm³/mol. The lowest BCUT2D eigenvalue weighted by molar-refractivity contribution is -0.156. The summed E-state index contributed by atoms with van der Waals surface area (Å²) in [5, 5.41) is 3.31. The molecule has 0 radical (unpaired) electrons. The maximum Gasteiger partial charge on any atom is 0.313 e. The maximum absolute atomic E-state index is 12.2. The molecule has 1 atom stereocenters. The molecular formula is C14H20N2O2. The number of hydrogen-bond acceptors (Lipinski definition) is 4. The van der Waals surface area contributed by atoms with Crippen LogP contribution in [0, 0.1) is 5.41 Å². The van der Waals surface area contributed by atoms with Gasteiger partial charge in [-0.2, -0.15) is 0 Å². The van der Waals surface area contributed by atoms with E-state index in [4.69, 9.17) is 4.74 Å². The molecule has 4 heteroatoms. The molecule has 0 spiro atoms. The first-order valence-corrected chi connectivity index (χ1v) is 6.54. The van der Waals surface area contributed by atoms with Gasteiger partial charge in [0, 0.05) is 18.9 Å². The van der Waals surface area contributed by atoms with Gasteiger partial charge in [-0.1, -0.05) is 6.07 Å². The standard InChI is InChI=1S/C14H20N2O2/c1-2-18-13(17)14(6-4-8-16-11-14)9-12-5-3-7-15-10-12/h3,5,7,10,16H,2,4,6,8-9,11H2,1H3. The zero-order chi connectivity index (χ0) is 12.8. The van der Waals surface area contributed by atoms with Crippen LogP contribution in [0.5, 0.6) is 0 Å². The van der Waals surface area contributed by atoms with Crippen molar-refractivity contribution in [3.8, 4) is 0 Å². The maximum atomic E-state index is 12.2. The molecule has 1 aliphatic rings. The van der Waals surface area contributed by atoms with Crippen molar-refractivity contribution >= 4 is 5.97 Å². The van der Waals surface area contributed by atoms with Crippen LogP contribution < -0.4 is 5.32 Å². The van der Waals surface area contributed by atoms with Crippen molar-refractivity contribution in [3.05, 3.63) is 30.1 Å². The fourth-order valence-corrected chi connectivity index (χ4v) is 2.54. The molecule has 18 heavy (non-hydrogen) atoms. The number of nitrogens with one attached hydrogen (secondary N) is 1. The van der Waals surface area contributed by atoms with Crippen LogP contribution in [-0.2, 0) is 16.0 Å². The van der Waals surface area contributed by atoms with Gasteiger partial charge in [-0.05, 0) is 44.4 Å². The summed E-state index contributed by atoms with van der Waals surface area (Å²) in [6.45, 7) is 3.97. The first kappa shape index (κ1) is 13.0. The number of nitrogens with zero attached hydrogens (tertiary/aromatic N) is 1. The first-order chi connectivity index (χ1) is 8.77. The van der Waals surface area contributed by atoms with Crippen molar-refractivity contribution in [2.24, 2.45) is 5.41 Å². The van der Waals surface area contributed by atoms with E-state index < -0.39 is 5.41 Å². The topological polar surface area (TPSA) is 51.2 Å². The number of pyridine rings is 1. The molecule has 0 bridgehead atoms. The zero-order valence-electron chi connectivity index (χ0n) is 10.8. The third-order valence-electron chi connectivity index (χ3n) is 3.45. The summed E-state index contributed by atoms with van der Waals surface area (Å²) >= 11 is 0. The van der Waals surface area contributed by atoms with Crippen molar-refractivity contribution in [1.82, 2.24) is 10.3 Å². The monoisotopic (exact) mass is 248 g/mol. The highest BCUT2D eigenvalue weighted by atomic mass is 16.5. The van der Waals surface area contributed by atoms with Crippen molar-refractivity contribution < 1.29 is 9.53 Å². The van der Waals surface area contributed by atoms with E-state index in [-0.39, 0.29) is 5.97 Å². The van der Waals surface area contributed by atoms with E-state index in [0.29, 0.717) is 19.6 Å². The largest absolute Gasteiger partial charge is 0.466 e. The van der Waals surface area contributed by atoms with Crippen LogP contribution in [0.15, 0.2) is 24.5 Å². The van der Waals surface area contributed by atoms with Crippen molar-refractivity contribution in [2.75, 3.05) is 19.7 Å². The molecule has 2 heterocycles. The molecule has 1 aromatic rings. The lowest BCUT2D eigenvalue weighted by Gasteiger charge is -2.35. The molecule has 0 amide bonds. The third-order valence-corrected chi connectivity index (χ3v) is 3.45. The molecule has 98 valence electrons. The molecule has 1 fully saturated rings. The third kappa shape index (κ3) is 2.88. The van der Waals surface area contributed by atoms with Crippen molar-refractivity contribution in [3.63, 3.8) is 0 Å². The Morgan fingerprint density at radius 3 is 3.11 bits per heavy atom. The summed E-state index contributed by atoms with van der Waals surface area (Å²) in [6, 6.07) is 3.92. The van der Waals surface area contributed by atoms with E-state index >= 15 is 0 Å². The van der Waals surface area contributed by atoms with E-state index in [1.54, 1.807) is 6.20 Å². The summed E-state index contributed by atoms with van der Waals surface area (Å²) in [6.07, 6.45) is 6.18. The molecule has 0 aromatic carbocycles. The summed E-state index contributed by atoms with van der Waals surface area (Å²) < 4.78 is 5.26. The second-order valence-electron chi connectivity index (χ2n) is 4.82. The van der Waals surface area contributed by atoms with E-state index in [9.17, 15) is 4.79 Å². The number of aromatic nitrogens is 1. The average molecular weight is 248 g/mol. The van der Waals surface area contributed by atoms with E-state index in [2.05, 4.69) is 10.3 Å². The minimum absolute atomic E-state index is 0.0824. The lowest BCUT2D eigenvalue weighted by Crippen LogP contribution is -2.47. The number of carbonyl (C=O) groups excluding carboxylic acids is 1. The molecule has 2 rings (SSSR count). The molecule has 1 saturated heterocycles. The SMILES string of the molecule is CCOC(=O)C1(Cc2cccnc2)CCCNC1. The van der Waals surface area contributed by atoms with Crippen molar-refractivity contribution in [2.45, 2.75) is 26.2 Å². The van der Waals surface area contributed by atoms with Crippen LogP contribution in [0.25, 0.3) is 0 Å². The lowest BCUT2D eigenvalue weighted by atomic mass is 9.76. The van der Waals surface area contributed by atoms with Gasteiger partial charge in [-0.15, -0.1) is 0 Å². The van der Waals surface area contributed by atoms with Crippen LogP contribution in [0.1, 0.15) is 25.3 Å². The van der Waals surface area contributed by atoms with Gasteiger partial charge in [-0.25, -0.2) is 0 Å². The number of ether oxygens (including phenoxy) is 1. The molecule has 4 nitrogen and oxygen atoms in total. The van der Waals surface area contributed by atoms with Gasteiger partial charge < -0.3 is 10.1 Å². The van der Waals surface area contributed by atoms with Crippen molar-refractivity contribution in [1.29, 1.82) is 0 Å². The summed E-state index contributed by atoms with van der Waals surface area (Å²) in [5.41, 5.74) is 0.673. The second-order valence-corrected chi connectivity index (χ2v) is 4.82. The Morgan fingerprint density at radius 2 is 2.50 bits per heavy atom. The number of piperidine rings is 1. The highest BCUT2D eigenvalue weighted by Gasteiger charge is 2.41. The molecule has 0 saturated carbocycles. The first-order valence-electron chi connectivity index (χ1n) is 6.54. The number of esters is 1. The molecule has 0 aliphatic carbocycles. The fraction of sp³-hybridized carbons (Fsp3) is 0.571. The second kappa shape index (κ2) is 5.96. The quantitative estimate of drug-likeness (QED) is 0.822. The molecular weight excluding hydrogens is 228 g/mol. The van der Waals surface area contributed by atoms with Gasteiger partial charge in [0.15, 0.2) is 0 Å². The Bertz CT molecular complexity index is 386. The number of carbonyl (C=O) groups is 1. The summed E-state index contributed by atoms with van der Waals surface area (Å²) in [4.78, 5) is 16.4. The van der Waals surface area contributed by atoms with E-state index in [0.717, 1.165) is 24.9 Å². The van der Waals surface area contributed by atoms with E-state index in [1.807, 2.05) is 25.3 Å². The van der Waals surface area contributed by atoms with Gasteiger partial charge in [0.05, 0.1) is 12.0 Å². The molecule has 1 aromatic heterocycles. The van der Waals surface area contributed by atoms with Crippen LogP contribution in [-0.4, -0.2) is 30.6 Å². The van der Waals surface area contributed by atoms with Crippen LogP contribution >= 0.6 is 0 Å². The highest BCUT2D eigenvalue weighted by Crippen LogP contribution is 2.32. The van der Waals surface area contributed by atoms with Crippen LogP contribution in [0.2, 0.25) is 0 Å². The average Bonchev–Trinajstić information content (AvgIpc) is 2.41. The Hall–Kier alpha value is -1.42. The fourth-order valence-electron chi connectivity index (χ4n) is 2.54. The zero-order valence-corrected chi connectivity index (χ0v) is 10.8. The minimum atomic E-state index is -0.419. The highest BCUT2D eigenvalue weighted by molar-refractivity contribution is 5.77. The summed E-state index contributed by atoms with van der Waals surface area (Å²) in [5.74, 6) is -0.0824. The van der Waals surface area contributed by atoms with Crippen LogP contribution in [0.4, 0.5) is 0 Å². The molecule has 1 unspecified atom stereocenters. The van der Waals surface area contributed by atoms with Crippen LogP contribution in [0.3, 0.4) is 0 Å².